The van der Waals surface area contributed by atoms with Gasteiger partial charge in [0.1, 0.15) is 18.1 Å². The topological polar surface area (TPSA) is 27.7 Å². The van der Waals surface area contributed by atoms with Crippen LogP contribution in [-0.4, -0.2) is 25.9 Å². The molecule has 178 valence electrons. The SMILES string of the molecule is CCCCCCCCOc1ccc(-c2ccc(OCC(C)OCCCCCC)cc2)cc1. The van der Waals surface area contributed by atoms with E-state index in [2.05, 4.69) is 57.2 Å². The predicted molar refractivity (Wildman–Crippen MR) is 136 cm³/mol. The number of unbranched alkanes of at least 4 members (excludes halogenated alkanes) is 8. The van der Waals surface area contributed by atoms with E-state index < -0.39 is 0 Å². The minimum atomic E-state index is 0.111. The molecule has 2 aromatic rings. The summed E-state index contributed by atoms with van der Waals surface area (Å²) in [7, 11) is 0. The van der Waals surface area contributed by atoms with Gasteiger partial charge in [0, 0.05) is 6.61 Å². The van der Waals surface area contributed by atoms with Gasteiger partial charge in [0.05, 0.1) is 12.7 Å². The van der Waals surface area contributed by atoms with E-state index in [1.807, 2.05) is 12.1 Å². The minimum Gasteiger partial charge on any atom is -0.494 e. The fourth-order valence-corrected chi connectivity index (χ4v) is 3.63. The van der Waals surface area contributed by atoms with Crippen molar-refractivity contribution in [2.24, 2.45) is 0 Å². The van der Waals surface area contributed by atoms with Crippen molar-refractivity contribution < 1.29 is 14.2 Å². The zero-order chi connectivity index (χ0) is 22.9. The van der Waals surface area contributed by atoms with Crippen molar-refractivity contribution in [2.75, 3.05) is 19.8 Å². The summed E-state index contributed by atoms with van der Waals surface area (Å²) in [4.78, 5) is 0. The van der Waals surface area contributed by atoms with Gasteiger partial charge in [-0.2, -0.15) is 0 Å². The van der Waals surface area contributed by atoms with E-state index in [0.717, 1.165) is 37.6 Å². The molecule has 3 nitrogen and oxygen atoms in total. The highest BCUT2D eigenvalue weighted by Crippen LogP contribution is 2.25. The molecular weight excluding hydrogens is 396 g/mol. The van der Waals surface area contributed by atoms with Crippen LogP contribution in [0.4, 0.5) is 0 Å². The largest absolute Gasteiger partial charge is 0.494 e. The van der Waals surface area contributed by atoms with Gasteiger partial charge in [0.25, 0.3) is 0 Å². The van der Waals surface area contributed by atoms with Crippen molar-refractivity contribution in [1.29, 1.82) is 0 Å². The number of hydrogen-bond donors (Lipinski definition) is 0. The average Bonchev–Trinajstić information content (AvgIpc) is 2.83. The molecule has 0 spiro atoms. The first-order valence-electron chi connectivity index (χ1n) is 12.8. The van der Waals surface area contributed by atoms with Crippen LogP contribution in [0.25, 0.3) is 11.1 Å². The van der Waals surface area contributed by atoms with E-state index in [-0.39, 0.29) is 6.10 Å². The van der Waals surface area contributed by atoms with Crippen LogP contribution in [0, 0.1) is 0 Å². The van der Waals surface area contributed by atoms with E-state index in [9.17, 15) is 0 Å². The molecule has 0 aliphatic carbocycles. The highest BCUT2D eigenvalue weighted by atomic mass is 16.5. The van der Waals surface area contributed by atoms with Gasteiger partial charge in [0.15, 0.2) is 0 Å². The third-order valence-electron chi connectivity index (χ3n) is 5.69. The van der Waals surface area contributed by atoms with Crippen LogP contribution in [0.2, 0.25) is 0 Å². The van der Waals surface area contributed by atoms with E-state index in [1.54, 1.807) is 0 Å². The van der Waals surface area contributed by atoms with Gasteiger partial charge < -0.3 is 14.2 Å². The summed E-state index contributed by atoms with van der Waals surface area (Å²) in [5.41, 5.74) is 2.37. The maximum atomic E-state index is 5.90. The molecule has 0 saturated heterocycles. The third kappa shape index (κ3) is 11.0. The molecule has 2 rings (SSSR count). The Kier molecular flexibility index (Phi) is 13.6. The fourth-order valence-electron chi connectivity index (χ4n) is 3.63. The molecule has 0 aliphatic rings. The summed E-state index contributed by atoms with van der Waals surface area (Å²) in [5, 5.41) is 0. The number of benzene rings is 2. The molecule has 2 aromatic carbocycles. The monoisotopic (exact) mass is 440 g/mol. The van der Waals surface area contributed by atoms with E-state index in [1.165, 1.54) is 62.5 Å². The quantitative estimate of drug-likeness (QED) is 0.218. The van der Waals surface area contributed by atoms with Crippen molar-refractivity contribution in [3.63, 3.8) is 0 Å². The molecule has 0 aliphatic heterocycles. The van der Waals surface area contributed by atoms with Crippen molar-refractivity contribution in [2.45, 2.75) is 91.1 Å². The maximum Gasteiger partial charge on any atom is 0.119 e. The molecule has 0 amide bonds. The Balaban J connectivity index is 1.67. The van der Waals surface area contributed by atoms with Crippen LogP contribution in [0.3, 0.4) is 0 Å². The normalized spacial score (nSPS) is 12.0. The second-order valence-electron chi connectivity index (χ2n) is 8.72. The summed E-state index contributed by atoms with van der Waals surface area (Å²) in [6, 6.07) is 16.7. The second-order valence-corrected chi connectivity index (χ2v) is 8.72. The van der Waals surface area contributed by atoms with Gasteiger partial charge in [0.2, 0.25) is 0 Å². The van der Waals surface area contributed by atoms with E-state index >= 15 is 0 Å². The zero-order valence-corrected chi connectivity index (χ0v) is 20.6. The average molecular weight is 441 g/mol. The standard InChI is InChI=1S/C29H44O3/c1-4-6-8-10-11-13-23-31-28-18-14-26(15-19-28)27-16-20-29(21-17-27)32-24-25(3)30-22-12-9-7-5-2/h14-21,25H,4-13,22-24H2,1-3H3. The molecule has 0 fully saturated rings. The first-order valence-corrected chi connectivity index (χ1v) is 12.8. The first kappa shape index (κ1) is 26.3. The van der Waals surface area contributed by atoms with Crippen molar-refractivity contribution >= 4 is 0 Å². The smallest absolute Gasteiger partial charge is 0.119 e. The molecule has 0 N–H and O–H groups in total. The van der Waals surface area contributed by atoms with E-state index in [0.29, 0.717) is 6.61 Å². The highest BCUT2D eigenvalue weighted by molar-refractivity contribution is 5.64. The van der Waals surface area contributed by atoms with E-state index in [4.69, 9.17) is 14.2 Å². The Bertz CT molecular complexity index is 693. The Morgan fingerprint density at radius 1 is 0.562 bits per heavy atom. The third-order valence-corrected chi connectivity index (χ3v) is 5.69. The zero-order valence-electron chi connectivity index (χ0n) is 20.6. The van der Waals surface area contributed by atoms with Crippen LogP contribution in [0.1, 0.15) is 85.0 Å². The lowest BCUT2D eigenvalue weighted by Gasteiger charge is -2.14. The van der Waals surface area contributed by atoms with Crippen LogP contribution in [0.15, 0.2) is 48.5 Å². The molecule has 32 heavy (non-hydrogen) atoms. The lowest BCUT2D eigenvalue weighted by atomic mass is 10.1. The summed E-state index contributed by atoms with van der Waals surface area (Å²) in [6.45, 7) is 8.76. The van der Waals surface area contributed by atoms with Crippen LogP contribution < -0.4 is 9.47 Å². The minimum absolute atomic E-state index is 0.111. The molecule has 0 heterocycles. The molecule has 0 saturated carbocycles. The van der Waals surface area contributed by atoms with Gasteiger partial charge in [-0.3, -0.25) is 0 Å². The molecular formula is C29H44O3. The second kappa shape index (κ2) is 16.6. The summed E-state index contributed by atoms with van der Waals surface area (Å²) < 4.78 is 17.6. The highest BCUT2D eigenvalue weighted by Gasteiger charge is 2.05. The molecule has 0 bridgehead atoms. The van der Waals surface area contributed by atoms with Gasteiger partial charge >= 0.3 is 0 Å². The van der Waals surface area contributed by atoms with Gasteiger partial charge in [-0.25, -0.2) is 0 Å². The van der Waals surface area contributed by atoms with Crippen molar-refractivity contribution in [3.05, 3.63) is 48.5 Å². The van der Waals surface area contributed by atoms with Gasteiger partial charge in [-0.05, 0) is 55.2 Å². The Morgan fingerprint density at radius 3 is 1.62 bits per heavy atom. The lowest BCUT2D eigenvalue weighted by Crippen LogP contribution is -2.18. The van der Waals surface area contributed by atoms with Crippen LogP contribution in [0.5, 0.6) is 11.5 Å². The van der Waals surface area contributed by atoms with Gasteiger partial charge in [-0.1, -0.05) is 89.5 Å². The maximum absolute atomic E-state index is 5.90. The Labute approximate surface area is 196 Å². The molecule has 0 aromatic heterocycles. The van der Waals surface area contributed by atoms with Crippen molar-refractivity contribution in [3.8, 4) is 22.6 Å². The lowest BCUT2D eigenvalue weighted by molar-refractivity contribution is 0.0303. The molecule has 3 heteroatoms. The summed E-state index contributed by atoms with van der Waals surface area (Å²) in [6.07, 6.45) is 12.7. The van der Waals surface area contributed by atoms with Crippen LogP contribution in [-0.2, 0) is 4.74 Å². The number of ether oxygens (including phenoxy) is 3. The molecule has 1 atom stereocenters. The predicted octanol–water partition coefficient (Wildman–Crippen LogP) is 8.46. The van der Waals surface area contributed by atoms with Crippen LogP contribution >= 0.6 is 0 Å². The summed E-state index contributed by atoms with van der Waals surface area (Å²) >= 11 is 0. The van der Waals surface area contributed by atoms with Crippen molar-refractivity contribution in [1.82, 2.24) is 0 Å². The van der Waals surface area contributed by atoms with Gasteiger partial charge in [-0.15, -0.1) is 0 Å². The Morgan fingerprint density at radius 2 is 1.03 bits per heavy atom. The molecule has 1 unspecified atom stereocenters. The number of rotatable bonds is 18. The number of hydrogen-bond acceptors (Lipinski definition) is 3. The summed E-state index contributed by atoms with van der Waals surface area (Å²) in [5.74, 6) is 1.83. The fraction of sp³-hybridized carbons (Fsp3) is 0.586. The first-order chi connectivity index (χ1) is 15.7. The molecule has 0 radical (unpaired) electrons. The Hall–Kier alpha value is -2.00.